The van der Waals surface area contributed by atoms with Gasteiger partial charge in [0.1, 0.15) is 29.1 Å². The Morgan fingerprint density at radius 1 is 0.884 bits per heavy atom. The minimum atomic E-state index is -0.830. The Balaban J connectivity index is 0.00000155. The topological polar surface area (TPSA) is 122 Å². The average Bonchev–Trinajstić information content (AvgIpc) is 3.02. The maximum absolute atomic E-state index is 15.0. The van der Waals surface area contributed by atoms with Crippen LogP contribution < -0.4 is 9.47 Å². The molecule has 0 spiro atoms. The van der Waals surface area contributed by atoms with Gasteiger partial charge in [-0.1, -0.05) is 60.6 Å². The van der Waals surface area contributed by atoms with Gasteiger partial charge >= 0.3 is 20.4 Å². The molecule has 9 nitrogen and oxygen atoms in total. The number of nitriles is 1. The molecule has 0 saturated heterocycles. The van der Waals surface area contributed by atoms with Gasteiger partial charge in [-0.15, -0.1) is 0 Å². The number of benzene rings is 3. The zero-order chi connectivity index (χ0) is 30.6. The fourth-order valence-electron chi connectivity index (χ4n) is 4.07. The molecule has 4 aromatic rings. The molecular formula is C32H26FN5O4Pd. The Labute approximate surface area is 263 Å². The number of rotatable bonds is 8. The Hall–Kier alpha value is -5.08. The predicted molar refractivity (Wildman–Crippen MR) is 157 cm³/mol. The van der Waals surface area contributed by atoms with Crippen LogP contribution in [0, 0.1) is 23.7 Å². The molecule has 0 saturated carbocycles. The number of methoxy groups -OCH3 is 2. The van der Waals surface area contributed by atoms with Gasteiger partial charge in [0.05, 0.1) is 38.2 Å². The summed E-state index contributed by atoms with van der Waals surface area (Å²) in [5.41, 5.74) is 1.88. The molecule has 1 heterocycles. The fraction of sp³-hybridized carbons (Fsp3) is 0.156. The van der Waals surface area contributed by atoms with Gasteiger partial charge in [-0.05, 0) is 53.6 Å². The summed E-state index contributed by atoms with van der Waals surface area (Å²) in [5, 5.41) is 15.4. The Kier molecular flexibility index (Phi) is 13.0. The van der Waals surface area contributed by atoms with E-state index in [9.17, 15) is 14.0 Å². The zero-order valence-electron chi connectivity index (χ0n) is 23.7. The summed E-state index contributed by atoms with van der Waals surface area (Å²) in [6, 6.07) is 20.7. The number of pyridine rings is 1. The van der Waals surface area contributed by atoms with Crippen molar-refractivity contribution in [3.05, 3.63) is 118 Å². The number of carbonyl (C=O) groups is 2. The van der Waals surface area contributed by atoms with Crippen LogP contribution >= 0.6 is 0 Å². The second-order valence-corrected chi connectivity index (χ2v) is 8.38. The number of hydrogen-bond acceptors (Lipinski definition) is 6. The van der Waals surface area contributed by atoms with Crippen molar-refractivity contribution in [1.82, 2.24) is 4.98 Å². The van der Waals surface area contributed by atoms with Gasteiger partial charge in [-0.2, -0.15) is 5.26 Å². The largest absolute Gasteiger partial charge is 2.00 e. The minimum absolute atomic E-state index is 0. The second kappa shape index (κ2) is 16.4. The van der Waals surface area contributed by atoms with E-state index >= 15 is 0 Å². The smallest absolute Gasteiger partial charge is 0.619 e. The summed E-state index contributed by atoms with van der Waals surface area (Å²) in [6.07, 6.45) is 0.358. The van der Waals surface area contributed by atoms with Crippen LogP contribution in [0.1, 0.15) is 40.4 Å². The first-order valence-corrected chi connectivity index (χ1v) is 12.6. The Morgan fingerprint density at radius 3 is 1.95 bits per heavy atom. The Morgan fingerprint density at radius 2 is 1.42 bits per heavy atom. The first-order chi connectivity index (χ1) is 20.3. The van der Waals surface area contributed by atoms with Gasteiger partial charge in [0.15, 0.2) is 5.69 Å². The van der Waals surface area contributed by atoms with Crippen molar-refractivity contribution < 1.29 is 43.9 Å². The molecule has 0 aliphatic heterocycles. The SMILES string of the molecule is CC#N.[C-]#[N+]c1ccccc1-c1ccc(F)c([N-]C(=O)c2cccc(C(=O)[N-]c3c(OC)cccc3OC)n2)c1CC.[Pd+2]. The van der Waals surface area contributed by atoms with Crippen LogP contribution in [0.5, 0.6) is 11.5 Å². The van der Waals surface area contributed by atoms with Gasteiger partial charge < -0.3 is 29.7 Å². The third-order valence-corrected chi connectivity index (χ3v) is 5.92. The zero-order valence-corrected chi connectivity index (χ0v) is 25.3. The molecule has 0 bridgehead atoms. The molecule has 0 fully saturated rings. The molecule has 2 amide bonds. The van der Waals surface area contributed by atoms with E-state index < -0.39 is 17.6 Å². The van der Waals surface area contributed by atoms with Crippen molar-refractivity contribution in [3.8, 4) is 28.7 Å². The molecule has 0 aliphatic rings. The monoisotopic (exact) mass is 669 g/mol. The van der Waals surface area contributed by atoms with Crippen LogP contribution in [0.4, 0.5) is 21.5 Å². The van der Waals surface area contributed by atoms with E-state index in [2.05, 4.69) is 20.5 Å². The van der Waals surface area contributed by atoms with Crippen molar-refractivity contribution >= 4 is 28.9 Å². The summed E-state index contributed by atoms with van der Waals surface area (Å²) in [5.74, 6) is -1.59. The number of para-hydroxylation sites is 2. The molecule has 0 N–H and O–H groups in total. The first kappa shape index (κ1) is 34.1. The normalized spacial score (nSPS) is 9.56. The molecule has 11 heteroatoms. The van der Waals surface area contributed by atoms with Crippen molar-refractivity contribution in [2.75, 3.05) is 14.2 Å². The van der Waals surface area contributed by atoms with Crippen LogP contribution in [0.15, 0.2) is 72.8 Å². The van der Waals surface area contributed by atoms with Gasteiger partial charge in [0, 0.05) is 6.92 Å². The summed E-state index contributed by atoms with van der Waals surface area (Å²) in [7, 11) is 2.88. The van der Waals surface area contributed by atoms with E-state index in [1.54, 1.807) is 54.6 Å². The van der Waals surface area contributed by atoms with E-state index in [1.165, 1.54) is 45.4 Å². The van der Waals surface area contributed by atoms with Crippen molar-refractivity contribution in [1.29, 1.82) is 5.26 Å². The third-order valence-electron chi connectivity index (χ3n) is 5.92. The molecule has 4 rings (SSSR count). The van der Waals surface area contributed by atoms with E-state index in [1.807, 2.05) is 6.92 Å². The fourth-order valence-corrected chi connectivity index (χ4v) is 4.07. The van der Waals surface area contributed by atoms with E-state index in [4.69, 9.17) is 21.3 Å². The molecule has 0 unspecified atom stereocenters. The summed E-state index contributed by atoms with van der Waals surface area (Å²) in [4.78, 5) is 33.7. The summed E-state index contributed by atoms with van der Waals surface area (Å²) >= 11 is 0. The molecular weight excluding hydrogens is 644 g/mol. The maximum Gasteiger partial charge on any atom is 2.00 e. The van der Waals surface area contributed by atoms with Gasteiger partial charge in [-0.3, -0.25) is 0 Å². The van der Waals surface area contributed by atoms with Gasteiger partial charge in [0.25, 0.3) is 0 Å². The number of nitrogens with zero attached hydrogens (tertiary/aromatic N) is 5. The van der Waals surface area contributed by atoms with Gasteiger partial charge in [0.2, 0.25) is 0 Å². The molecule has 220 valence electrons. The van der Waals surface area contributed by atoms with Crippen molar-refractivity contribution in [3.63, 3.8) is 0 Å². The predicted octanol–water partition coefficient (Wildman–Crippen LogP) is 8.24. The third kappa shape index (κ3) is 8.02. The number of halogens is 1. The molecule has 1 aromatic heterocycles. The van der Waals surface area contributed by atoms with Crippen molar-refractivity contribution in [2.24, 2.45) is 0 Å². The molecule has 0 radical (unpaired) electrons. The van der Waals surface area contributed by atoms with Crippen LogP contribution in [0.3, 0.4) is 0 Å². The minimum Gasteiger partial charge on any atom is -0.619 e. The van der Waals surface area contributed by atoms with Crippen LogP contribution in [-0.2, 0) is 26.8 Å². The van der Waals surface area contributed by atoms with Crippen molar-refractivity contribution in [2.45, 2.75) is 20.3 Å². The number of carbonyl (C=O) groups excluding carboxylic acids is 2. The molecule has 43 heavy (non-hydrogen) atoms. The molecule has 3 aromatic carbocycles. The maximum atomic E-state index is 15.0. The number of ether oxygens (including phenoxy) is 2. The molecule has 0 aliphatic carbocycles. The number of aromatic nitrogens is 1. The quantitative estimate of drug-likeness (QED) is 0.138. The van der Waals surface area contributed by atoms with Crippen LogP contribution in [-0.4, -0.2) is 31.0 Å². The summed E-state index contributed by atoms with van der Waals surface area (Å²) < 4.78 is 25.5. The van der Waals surface area contributed by atoms with Crippen LogP contribution in [0.25, 0.3) is 26.6 Å². The number of hydrogen-bond donors (Lipinski definition) is 0. The second-order valence-electron chi connectivity index (χ2n) is 8.38. The first-order valence-electron chi connectivity index (χ1n) is 12.6. The average molecular weight is 670 g/mol. The van der Waals surface area contributed by atoms with Gasteiger partial charge in [-0.25, -0.2) is 14.2 Å². The standard InChI is InChI=1S/C30H25FN4O4.C2H3N.Pd/c1-5-18-19(20-10-6-7-11-22(20)32-2)16-17-21(31)27(18)34-29(36)23-12-8-13-24(33-23)30(37)35-28-25(38-3)14-9-15-26(28)39-4;1-2-3;/h6-17H,5H2,1,3-4H3,(H2,34,35,36,37);1H3;/q;;+2/p-2. The number of amides is 2. The summed E-state index contributed by atoms with van der Waals surface area (Å²) in [6.45, 7) is 10.7. The van der Waals surface area contributed by atoms with E-state index in [0.29, 0.717) is 40.3 Å². The van der Waals surface area contributed by atoms with Crippen LogP contribution in [0.2, 0.25) is 0 Å². The Bertz CT molecular complexity index is 1680. The van der Waals surface area contributed by atoms with E-state index in [-0.39, 0.29) is 43.2 Å². The van der Waals surface area contributed by atoms with E-state index in [0.717, 1.165) is 0 Å². The molecule has 0 atom stereocenters.